The van der Waals surface area contributed by atoms with Crippen LogP contribution in [0.1, 0.15) is 56.1 Å². The Hall–Kier alpha value is -4.38. The molecule has 0 aliphatic heterocycles. The summed E-state index contributed by atoms with van der Waals surface area (Å²) >= 11 is 13.2. The first-order valence-electron chi connectivity index (χ1n) is 16.8. The molecule has 2 N–H and O–H groups in total. The molecular weight excluding hydrogens is 932 g/mol. The van der Waals surface area contributed by atoms with Gasteiger partial charge in [-0.2, -0.15) is 0 Å². The molecule has 272 valence electrons. The van der Waals surface area contributed by atoms with Gasteiger partial charge in [-0.05, 0) is 117 Å². The average Bonchev–Trinajstić information content (AvgIpc) is 3.22. The second-order valence-corrected chi connectivity index (χ2v) is 14.9. The Morgan fingerprint density at radius 1 is 0.500 bits per heavy atom. The largest absolute Gasteiger partial charge is 0.320 e. The molecule has 7 rings (SSSR count). The number of aryl methyl sites for hydroxylation is 1. The van der Waals surface area contributed by atoms with Crippen LogP contribution in [-0.4, -0.2) is 22.5 Å². The van der Waals surface area contributed by atoms with Gasteiger partial charge in [-0.1, -0.05) is 157 Å². The van der Waals surface area contributed by atoms with Crippen LogP contribution >= 0.6 is 63.7 Å². The Labute approximate surface area is 351 Å². The van der Waals surface area contributed by atoms with Crippen molar-refractivity contribution in [2.75, 3.05) is 0 Å². The zero-order chi connectivity index (χ0) is 38.5. The van der Waals surface area contributed by atoms with Gasteiger partial charge in [0.25, 0.3) is 0 Å². The number of aliphatic imine (C=N–C) groups is 1. The Bertz CT molecular complexity index is 2080. The van der Waals surface area contributed by atoms with Gasteiger partial charge < -0.3 is 5.73 Å². The maximum absolute atomic E-state index is 10.3. The summed E-state index contributed by atoms with van der Waals surface area (Å²) in [5, 5.41) is 0. The van der Waals surface area contributed by atoms with Crippen molar-refractivity contribution in [3.8, 4) is 0 Å². The molecule has 0 aliphatic rings. The molecule has 7 aromatic rings. The third-order valence-corrected chi connectivity index (χ3v) is 9.85. The zero-order valence-electron chi connectivity index (χ0n) is 29.4. The number of carbonyl (C=O) groups excluding carboxylic acids is 1. The minimum atomic E-state index is -0.0509. The van der Waals surface area contributed by atoms with E-state index in [1.807, 2.05) is 109 Å². The predicted molar refractivity (Wildman–Crippen MR) is 237 cm³/mol. The summed E-state index contributed by atoms with van der Waals surface area (Å²) < 4.78 is 3.09. The van der Waals surface area contributed by atoms with Gasteiger partial charge in [-0.25, -0.2) is 9.97 Å². The number of hydrogen-bond donors (Lipinski definition) is 1. The van der Waals surface area contributed by atoms with Gasteiger partial charge in [0.15, 0.2) is 6.29 Å². The van der Waals surface area contributed by atoms with Crippen LogP contribution in [0.2, 0.25) is 0 Å². The topological polar surface area (TPSA) is 81.2 Å². The molecule has 0 bridgehead atoms. The van der Waals surface area contributed by atoms with E-state index in [-0.39, 0.29) is 12.1 Å². The summed E-state index contributed by atoms with van der Waals surface area (Å²) in [6.45, 7) is 2.08. The maximum atomic E-state index is 10.3. The Morgan fingerprint density at radius 3 is 1.20 bits per heavy atom. The monoisotopic (exact) mass is 966 g/mol. The summed E-state index contributed by atoms with van der Waals surface area (Å²) in [4.78, 5) is 23.4. The molecule has 0 radical (unpaired) electrons. The van der Waals surface area contributed by atoms with Crippen LogP contribution in [0.4, 0.5) is 0 Å². The number of nitrogens with zero attached hydrogens (tertiary/aromatic N) is 3. The minimum Gasteiger partial charge on any atom is -0.320 e. The second-order valence-electron chi connectivity index (χ2n) is 11.6. The molecule has 0 unspecified atom stereocenters. The summed E-state index contributed by atoms with van der Waals surface area (Å²) in [5.41, 5.74) is 13.3. The SMILES string of the molecule is Brc1ccc(Br)c(C=NC(c2ccccc2)c2ccccc2)n1.Cc1ccccc1.NC(c1ccccc1)c1ccccc1.O=Cc1nc(Br)ccc1Br. The summed E-state index contributed by atoms with van der Waals surface area (Å²) in [6, 6.07) is 58.4. The lowest BCUT2D eigenvalue weighted by Gasteiger charge is -2.13. The smallest absolute Gasteiger partial charge is 0.169 e. The number of aromatic nitrogens is 2. The average molecular weight is 970 g/mol. The van der Waals surface area contributed by atoms with E-state index in [4.69, 9.17) is 10.7 Å². The summed E-state index contributed by atoms with van der Waals surface area (Å²) in [7, 11) is 0. The predicted octanol–water partition coefficient (Wildman–Crippen LogP) is 13.0. The fourth-order valence-corrected chi connectivity index (χ4v) is 6.15. The van der Waals surface area contributed by atoms with E-state index in [0.29, 0.717) is 21.1 Å². The number of carbonyl (C=O) groups is 1. The van der Waals surface area contributed by atoms with Crippen LogP contribution in [0.3, 0.4) is 0 Å². The number of benzene rings is 5. The first-order valence-corrected chi connectivity index (χ1v) is 20.0. The van der Waals surface area contributed by atoms with Crippen LogP contribution in [0, 0.1) is 6.92 Å². The molecular formula is C45H38Br4N4O. The Morgan fingerprint density at radius 2 is 0.852 bits per heavy atom. The van der Waals surface area contributed by atoms with Gasteiger partial charge in [0.2, 0.25) is 0 Å². The van der Waals surface area contributed by atoms with E-state index in [1.165, 1.54) is 5.56 Å². The summed E-state index contributed by atoms with van der Waals surface area (Å²) in [5.74, 6) is 0. The first-order chi connectivity index (χ1) is 26.2. The fraction of sp³-hybridized carbons (Fsp3) is 0.0667. The lowest BCUT2D eigenvalue weighted by atomic mass is 9.99. The molecule has 2 heterocycles. The molecule has 0 spiro atoms. The molecule has 5 aromatic carbocycles. The molecule has 0 fully saturated rings. The number of pyridine rings is 2. The molecule has 0 aliphatic carbocycles. The number of rotatable bonds is 7. The van der Waals surface area contributed by atoms with Crippen LogP contribution in [0.15, 0.2) is 199 Å². The lowest BCUT2D eigenvalue weighted by molar-refractivity contribution is 0.111. The van der Waals surface area contributed by atoms with Crippen molar-refractivity contribution < 1.29 is 4.79 Å². The number of aldehydes is 1. The van der Waals surface area contributed by atoms with E-state index >= 15 is 0 Å². The highest BCUT2D eigenvalue weighted by Crippen LogP contribution is 2.26. The second kappa shape index (κ2) is 23.4. The summed E-state index contributed by atoms with van der Waals surface area (Å²) in [6.07, 6.45) is 2.52. The molecule has 0 amide bonds. The molecule has 0 saturated carbocycles. The molecule has 2 aromatic heterocycles. The van der Waals surface area contributed by atoms with E-state index in [0.717, 1.165) is 37.0 Å². The minimum absolute atomic E-state index is 0.0163. The highest BCUT2D eigenvalue weighted by atomic mass is 79.9. The van der Waals surface area contributed by atoms with Crippen LogP contribution in [-0.2, 0) is 0 Å². The molecule has 9 heteroatoms. The van der Waals surface area contributed by atoms with E-state index in [1.54, 1.807) is 12.1 Å². The highest BCUT2D eigenvalue weighted by Gasteiger charge is 2.12. The van der Waals surface area contributed by atoms with Gasteiger partial charge in [0, 0.05) is 15.2 Å². The number of halogens is 4. The van der Waals surface area contributed by atoms with E-state index in [9.17, 15) is 4.79 Å². The Balaban J connectivity index is 0.000000178. The van der Waals surface area contributed by atoms with Gasteiger partial charge >= 0.3 is 0 Å². The third kappa shape index (κ3) is 14.5. The first kappa shape index (κ1) is 42.4. The van der Waals surface area contributed by atoms with E-state index in [2.05, 4.69) is 141 Å². The zero-order valence-corrected chi connectivity index (χ0v) is 35.7. The molecule has 0 atom stereocenters. The van der Waals surface area contributed by atoms with Crippen LogP contribution < -0.4 is 5.73 Å². The normalized spacial score (nSPS) is 10.4. The lowest BCUT2D eigenvalue weighted by Crippen LogP contribution is -2.11. The van der Waals surface area contributed by atoms with Crippen LogP contribution in [0.25, 0.3) is 0 Å². The standard InChI is InChI=1S/C19H14Br2N2.C13H13N.C7H8.C6H3Br2NO/c20-16-11-12-18(21)23-17(16)13-22-19(14-7-3-1-4-8-14)15-9-5-2-6-10-15;14-13(11-7-3-1-4-8-11)12-9-5-2-6-10-12;1-7-5-3-2-4-6-7;7-4-1-2-6(8)9-5(4)3-10/h1-13,19H;1-10,13H,14H2;2-6H,1H3;1-3H. The number of nitrogens with two attached hydrogens (primary N) is 1. The van der Waals surface area contributed by atoms with Crippen molar-refractivity contribution in [2.45, 2.75) is 19.0 Å². The van der Waals surface area contributed by atoms with Crippen molar-refractivity contribution in [3.05, 3.63) is 233 Å². The van der Waals surface area contributed by atoms with Crippen molar-refractivity contribution in [1.29, 1.82) is 0 Å². The van der Waals surface area contributed by atoms with Crippen molar-refractivity contribution in [1.82, 2.24) is 9.97 Å². The third-order valence-electron chi connectivity index (χ3n) is 7.62. The highest BCUT2D eigenvalue weighted by molar-refractivity contribution is 9.11. The number of hydrogen-bond acceptors (Lipinski definition) is 5. The van der Waals surface area contributed by atoms with Crippen molar-refractivity contribution in [2.24, 2.45) is 10.7 Å². The molecule has 5 nitrogen and oxygen atoms in total. The van der Waals surface area contributed by atoms with Gasteiger partial charge in [0.05, 0.1) is 17.8 Å². The van der Waals surface area contributed by atoms with Crippen LogP contribution in [0.5, 0.6) is 0 Å². The molecule has 54 heavy (non-hydrogen) atoms. The van der Waals surface area contributed by atoms with E-state index < -0.39 is 0 Å². The van der Waals surface area contributed by atoms with Gasteiger partial charge in [0.1, 0.15) is 14.9 Å². The fourth-order valence-electron chi connectivity index (χ4n) is 4.87. The van der Waals surface area contributed by atoms with Crippen molar-refractivity contribution in [3.63, 3.8) is 0 Å². The van der Waals surface area contributed by atoms with Crippen molar-refractivity contribution >= 4 is 76.2 Å². The molecule has 0 saturated heterocycles. The van der Waals surface area contributed by atoms with Gasteiger partial charge in [-0.3, -0.25) is 9.79 Å². The quantitative estimate of drug-likeness (QED) is 0.0980. The van der Waals surface area contributed by atoms with Gasteiger partial charge in [-0.15, -0.1) is 0 Å². The Kier molecular flexibility index (Phi) is 18.4. The maximum Gasteiger partial charge on any atom is 0.169 e.